The molecule has 0 saturated carbocycles. The molecule has 3 nitrogen and oxygen atoms in total. The minimum Gasteiger partial charge on any atom is -0.383 e. The van der Waals surface area contributed by atoms with Gasteiger partial charge in [-0.25, -0.2) is 0 Å². The monoisotopic (exact) mass is 180 g/mol. The first-order valence-electron chi connectivity index (χ1n) is 4.36. The predicted molar refractivity (Wildman–Crippen MR) is 52.7 cm³/mol. The van der Waals surface area contributed by atoms with E-state index in [2.05, 4.69) is 17.2 Å². The lowest BCUT2D eigenvalue weighted by Gasteiger charge is -2.16. The zero-order chi connectivity index (χ0) is 9.68. The van der Waals surface area contributed by atoms with Gasteiger partial charge in [-0.2, -0.15) is 0 Å². The molecule has 3 heteroatoms. The molecule has 0 aliphatic rings. The van der Waals surface area contributed by atoms with Gasteiger partial charge in [0.05, 0.1) is 12.6 Å². The molecule has 0 spiro atoms. The molecule has 1 heterocycles. The highest BCUT2D eigenvalue weighted by atomic mass is 16.5. The number of methoxy groups -OCH3 is 1. The maximum absolute atomic E-state index is 5.11. The number of aryl methyl sites for hydroxylation is 1. The number of likely N-dealkylation sites (N-methyl/N-ethyl adjacent to an activating group) is 1. The number of hydrogen-bond donors (Lipinski definition) is 1. The van der Waals surface area contributed by atoms with Crippen molar-refractivity contribution < 1.29 is 4.74 Å². The SMILES string of the molecule is CNC(COC)c1cnccc1C. The molecule has 1 unspecified atom stereocenters. The van der Waals surface area contributed by atoms with E-state index in [0.29, 0.717) is 6.61 Å². The van der Waals surface area contributed by atoms with Crippen molar-refractivity contribution in [3.8, 4) is 0 Å². The van der Waals surface area contributed by atoms with Crippen molar-refractivity contribution in [1.82, 2.24) is 10.3 Å². The van der Waals surface area contributed by atoms with Crippen LogP contribution in [0.15, 0.2) is 18.5 Å². The van der Waals surface area contributed by atoms with Crippen LogP contribution in [0.1, 0.15) is 17.2 Å². The molecular weight excluding hydrogens is 164 g/mol. The van der Waals surface area contributed by atoms with Crippen LogP contribution in [0.4, 0.5) is 0 Å². The largest absolute Gasteiger partial charge is 0.383 e. The van der Waals surface area contributed by atoms with Crippen molar-refractivity contribution in [2.45, 2.75) is 13.0 Å². The number of nitrogens with one attached hydrogen (secondary N) is 1. The average molecular weight is 180 g/mol. The summed E-state index contributed by atoms with van der Waals surface area (Å²) < 4.78 is 5.11. The number of aromatic nitrogens is 1. The Morgan fingerprint density at radius 3 is 2.92 bits per heavy atom. The highest BCUT2D eigenvalue weighted by Gasteiger charge is 2.10. The lowest BCUT2D eigenvalue weighted by Crippen LogP contribution is -2.22. The first-order valence-corrected chi connectivity index (χ1v) is 4.36. The number of ether oxygens (including phenoxy) is 1. The van der Waals surface area contributed by atoms with Crippen LogP contribution in [0.3, 0.4) is 0 Å². The maximum Gasteiger partial charge on any atom is 0.0658 e. The summed E-state index contributed by atoms with van der Waals surface area (Å²) in [6.07, 6.45) is 3.69. The molecule has 0 bridgehead atoms. The van der Waals surface area contributed by atoms with Crippen LogP contribution in [0.5, 0.6) is 0 Å². The van der Waals surface area contributed by atoms with E-state index in [0.717, 1.165) is 0 Å². The molecule has 0 aromatic carbocycles. The van der Waals surface area contributed by atoms with E-state index in [4.69, 9.17) is 4.74 Å². The summed E-state index contributed by atoms with van der Waals surface area (Å²) in [6, 6.07) is 2.24. The molecule has 0 radical (unpaired) electrons. The van der Waals surface area contributed by atoms with Gasteiger partial charge in [-0.15, -0.1) is 0 Å². The van der Waals surface area contributed by atoms with Crippen LogP contribution in [-0.2, 0) is 4.74 Å². The van der Waals surface area contributed by atoms with E-state index in [1.807, 2.05) is 19.3 Å². The van der Waals surface area contributed by atoms with E-state index in [1.165, 1.54) is 11.1 Å². The van der Waals surface area contributed by atoms with Crippen LogP contribution < -0.4 is 5.32 Å². The van der Waals surface area contributed by atoms with Crippen LogP contribution in [0.2, 0.25) is 0 Å². The third-order valence-corrected chi connectivity index (χ3v) is 2.14. The van der Waals surface area contributed by atoms with Crippen molar-refractivity contribution in [2.24, 2.45) is 0 Å². The molecule has 0 fully saturated rings. The Labute approximate surface area is 79.1 Å². The molecule has 0 amide bonds. The molecule has 0 saturated heterocycles. The summed E-state index contributed by atoms with van der Waals surface area (Å²) in [5, 5.41) is 3.20. The fourth-order valence-electron chi connectivity index (χ4n) is 1.34. The van der Waals surface area contributed by atoms with E-state index < -0.39 is 0 Å². The molecule has 72 valence electrons. The zero-order valence-electron chi connectivity index (χ0n) is 8.37. The topological polar surface area (TPSA) is 34.1 Å². The Balaban J connectivity index is 2.84. The molecule has 1 aromatic heterocycles. The van der Waals surface area contributed by atoms with Gasteiger partial charge in [-0.3, -0.25) is 4.98 Å². The standard InChI is InChI=1S/C10H16N2O/c1-8-4-5-12-6-9(8)10(11-2)7-13-3/h4-6,10-11H,7H2,1-3H3. The van der Waals surface area contributed by atoms with Crippen molar-refractivity contribution in [3.05, 3.63) is 29.6 Å². The fraction of sp³-hybridized carbons (Fsp3) is 0.500. The van der Waals surface area contributed by atoms with E-state index >= 15 is 0 Å². The predicted octanol–water partition coefficient (Wildman–Crippen LogP) is 1.30. The molecule has 1 atom stereocenters. The lowest BCUT2D eigenvalue weighted by molar-refractivity contribution is 0.170. The number of hydrogen-bond acceptors (Lipinski definition) is 3. The fourth-order valence-corrected chi connectivity index (χ4v) is 1.34. The number of pyridine rings is 1. The highest BCUT2D eigenvalue weighted by Crippen LogP contribution is 2.15. The minimum atomic E-state index is 0.235. The third kappa shape index (κ3) is 2.50. The summed E-state index contributed by atoms with van der Waals surface area (Å²) in [5.41, 5.74) is 2.44. The molecule has 13 heavy (non-hydrogen) atoms. The molecule has 1 rings (SSSR count). The quantitative estimate of drug-likeness (QED) is 0.758. The summed E-state index contributed by atoms with van der Waals surface area (Å²) in [5.74, 6) is 0. The summed E-state index contributed by atoms with van der Waals surface area (Å²) in [4.78, 5) is 4.10. The van der Waals surface area contributed by atoms with Crippen LogP contribution in [-0.4, -0.2) is 25.7 Å². The van der Waals surface area contributed by atoms with Gasteiger partial charge in [-0.05, 0) is 31.2 Å². The molecule has 1 aromatic rings. The van der Waals surface area contributed by atoms with Gasteiger partial charge in [0.25, 0.3) is 0 Å². The van der Waals surface area contributed by atoms with Crippen molar-refractivity contribution >= 4 is 0 Å². The second-order valence-corrected chi connectivity index (χ2v) is 3.03. The smallest absolute Gasteiger partial charge is 0.0658 e. The van der Waals surface area contributed by atoms with Crippen LogP contribution >= 0.6 is 0 Å². The van der Waals surface area contributed by atoms with E-state index in [-0.39, 0.29) is 6.04 Å². The second kappa shape index (κ2) is 4.94. The van der Waals surface area contributed by atoms with Gasteiger partial charge in [0, 0.05) is 19.5 Å². The first-order chi connectivity index (χ1) is 6.29. The van der Waals surface area contributed by atoms with Gasteiger partial charge in [0.15, 0.2) is 0 Å². The lowest BCUT2D eigenvalue weighted by atomic mass is 10.1. The van der Waals surface area contributed by atoms with Crippen LogP contribution in [0.25, 0.3) is 0 Å². The normalized spacial score (nSPS) is 12.8. The van der Waals surface area contributed by atoms with E-state index in [9.17, 15) is 0 Å². The van der Waals surface area contributed by atoms with Crippen molar-refractivity contribution in [3.63, 3.8) is 0 Å². The minimum absolute atomic E-state index is 0.235. The Morgan fingerprint density at radius 2 is 2.38 bits per heavy atom. The molecule has 0 aliphatic heterocycles. The van der Waals surface area contributed by atoms with E-state index in [1.54, 1.807) is 13.3 Å². The van der Waals surface area contributed by atoms with Gasteiger partial charge in [0.2, 0.25) is 0 Å². The van der Waals surface area contributed by atoms with Crippen LogP contribution in [0, 0.1) is 6.92 Å². The Hall–Kier alpha value is -0.930. The van der Waals surface area contributed by atoms with Gasteiger partial charge in [0.1, 0.15) is 0 Å². The highest BCUT2D eigenvalue weighted by molar-refractivity contribution is 5.24. The third-order valence-electron chi connectivity index (χ3n) is 2.14. The Morgan fingerprint density at radius 1 is 1.62 bits per heavy atom. The molecule has 0 aliphatic carbocycles. The maximum atomic E-state index is 5.11. The molecular formula is C10H16N2O. The van der Waals surface area contributed by atoms with Gasteiger partial charge < -0.3 is 10.1 Å². The number of nitrogens with zero attached hydrogens (tertiary/aromatic N) is 1. The van der Waals surface area contributed by atoms with Crippen molar-refractivity contribution in [2.75, 3.05) is 20.8 Å². The van der Waals surface area contributed by atoms with Gasteiger partial charge in [-0.1, -0.05) is 0 Å². The van der Waals surface area contributed by atoms with Crippen molar-refractivity contribution in [1.29, 1.82) is 0 Å². The average Bonchev–Trinajstić information content (AvgIpc) is 2.16. The number of rotatable bonds is 4. The van der Waals surface area contributed by atoms with Gasteiger partial charge >= 0.3 is 0 Å². The zero-order valence-corrected chi connectivity index (χ0v) is 8.37. The molecule has 1 N–H and O–H groups in total. The summed E-state index contributed by atoms with van der Waals surface area (Å²) in [7, 11) is 3.63. The Kier molecular flexibility index (Phi) is 3.86. The Bertz CT molecular complexity index is 263. The summed E-state index contributed by atoms with van der Waals surface area (Å²) >= 11 is 0. The second-order valence-electron chi connectivity index (χ2n) is 3.03. The first kappa shape index (κ1) is 10.2. The summed E-state index contributed by atoms with van der Waals surface area (Å²) in [6.45, 7) is 2.75.